The minimum Gasteiger partial charge on any atom is -0.478 e. The fourth-order valence-electron chi connectivity index (χ4n) is 1.98. The Morgan fingerprint density at radius 3 is 2.32 bits per heavy atom. The Labute approximate surface area is 113 Å². The minimum absolute atomic E-state index is 0.0362. The maximum atomic E-state index is 11.1. The van der Waals surface area contributed by atoms with Crippen molar-refractivity contribution in [3.63, 3.8) is 0 Å². The van der Waals surface area contributed by atoms with E-state index in [0.29, 0.717) is 12.1 Å². The van der Waals surface area contributed by atoms with Gasteiger partial charge >= 0.3 is 5.97 Å². The molecule has 0 atom stereocenters. The number of aromatic carboxylic acids is 1. The Bertz CT molecular complexity index is 495. The highest BCUT2D eigenvalue weighted by Crippen LogP contribution is 2.17. The highest BCUT2D eigenvalue weighted by atomic mass is 16.4. The lowest BCUT2D eigenvalue weighted by Crippen LogP contribution is -2.20. The molecular formula is C15H19NO3. The topological polar surface area (TPSA) is 66.4 Å². The molecule has 1 amide bonds. The van der Waals surface area contributed by atoms with E-state index in [1.807, 2.05) is 24.3 Å². The summed E-state index contributed by atoms with van der Waals surface area (Å²) < 4.78 is 0. The number of carboxylic acid groups (broad SMARTS) is 1. The van der Waals surface area contributed by atoms with Crippen molar-refractivity contribution in [1.82, 2.24) is 5.32 Å². The number of carbonyl (C=O) groups is 2. The Morgan fingerprint density at radius 1 is 1.26 bits per heavy atom. The summed E-state index contributed by atoms with van der Waals surface area (Å²) in [4.78, 5) is 21.7. The van der Waals surface area contributed by atoms with Crippen LogP contribution in [0.4, 0.5) is 0 Å². The zero-order chi connectivity index (χ0) is 14.4. The summed E-state index contributed by atoms with van der Waals surface area (Å²) >= 11 is 0. The zero-order valence-corrected chi connectivity index (χ0v) is 11.5. The van der Waals surface area contributed by atoms with Gasteiger partial charge in [-0.05, 0) is 37.0 Å². The molecule has 0 saturated heterocycles. The van der Waals surface area contributed by atoms with Gasteiger partial charge in [0.1, 0.15) is 0 Å². The molecule has 0 heterocycles. The normalized spacial score (nSPS) is 10.7. The van der Waals surface area contributed by atoms with Crippen molar-refractivity contribution in [2.75, 3.05) is 6.54 Å². The maximum absolute atomic E-state index is 11.1. The number of rotatable bonds is 5. The predicted octanol–water partition coefficient (Wildman–Crippen LogP) is 2.54. The van der Waals surface area contributed by atoms with Crippen molar-refractivity contribution >= 4 is 18.0 Å². The molecule has 0 saturated carbocycles. The molecular weight excluding hydrogens is 242 g/mol. The van der Waals surface area contributed by atoms with E-state index < -0.39 is 5.97 Å². The number of nitrogens with one attached hydrogen (secondary N) is 1. The minimum atomic E-state index is -0.892. The first-order valence-corrected chi connectivity index (χ1v) is 6.17. The smallest absolute Gasteiger partial charge is 0.336 e. The van der Waals surface area contributed by atoms with Crippen LogP contribution in [0.15, 0.2) is 18.2 Å². The van der Waals surface area contributed by atoms with Crippen LogP contribution in [-0.2, 0) is 4.79 Å². The van der Waals surface area contributed by atoms with Gasteiger partial charge in [0.25, 0.3) is 0 Å². The SMILES string of the molecule is CC(=O)NCCC=Cc1cc(C)c(C(=O)O)c(C)c1. The van der Waals surface area contributed by atoms with Crippen LogP contribution in [0.25, 0.3) is 6.08 Å². The van der Waals surface area contributed by atoms with Crippen molar-refractivity contribution < 1.29 is 14.7 Å². The zero-order valence-electron chi connectivity index (χ0n) is 11.5. The van der Waals surface area contributed by atoms with Gasteiger partial charge in [0.2, 0.25) is 5.91 Å². The molecule has 1 aromatic carbocycles. The largest absolute Gasteiger partial charge is 0.478 e. The van der Waals surface area contributed by atoms with Gasteiger partial charge in [-0.1, -0.05) is 24.3 Å². The third-order valence-corrected chi connectivity index (χ3v) is 2.76. The highest BCUT2D eigenvalue weighted by molar-refractivity contribution is 5.91. The Morgan fingerprint density at radius 2 is 1.84 bits per heavy atom. The predicted molar refractivity (Wildman–Crippen MR) is 75.2 cm³/mol. The molecule has 0 unspecified atom stereocenters. The average Bonchev–Trinajstić information content (AvgIpc) is 2.26. The summed E-state index contributed by atoms with van der Waals surface area (Å²) in [6.07, 6.45) is 4.65. The molecule has 1 rings (SSSR count). The van der Waals surface area contributed by atoms with E-state index >= 15 is 0 Å². The molecule has 102 valence electrons. The van der Waals surface area contributed by atoms with Gasteiger partial charge in [0.05, 0.1) is 5.56 Å². The number of aryl methyl sites for hydroxylation is 2. The lowest BCUT2D eigenvalue weighted by Gasteiger charge is -2.06. The van der Waals surface area contributed by atoms with Crippen molar-refractivity contribution in [3.05, 3.63) is 40.5 Å². The van der Waals surface area contributed by atoms with E-state index in [-0.39, 0.29) is 5.91 Å². The number of hydrogen-bond donors (Lipinski definition) is 2. The Hall–Kier alpha value is -2.10. The van der Waals surface area contributed by atoms with E-state index in [9.17, 15) is 9.59 Å². The molecule has 0 radical (unpaired) electrons. The quantitative estimate of drug-likeness (QED) is 0.800. The van der Waals surface area contributed by atoms with Crippen LogP contribution in [0.5, 0.6) is 0 Å². The highest BCUT2D eigenvalue weighted by Gasteiger charge is 2.10. The van der Waals surface area contributed by atoms with Gasteiger partial charge < -0.3 is 10.4 Å². The molecule has 0 aliphatic carbocycles. The van der Waals surface area contributed by atoms with Crippen LogP contribution in [0.2, 0.25) is 0 Å². The number of benzene rings is 1. The standard InChI is InChI=1S/C15H19NO3/c1-10-8-13(6-4-5-7-16-12(3)17)9-11(2)14(10)15(18)19/h4,6,8-9H,5,7H2,1-3H3,(H,16,17)(H,18,19). The van der Waals surface area contributed by atoms with Crippen LogP contribution in [-0.4, -0.2) is 23.5 Å². The second-order valence-electron chi connectivity index (χ2n) is 4.51. The second-order valence-corrected chi connectivity index (χ2v) is 4.51. The molecule has 19 heavy (non-hydrogen) atoms. The van der Waals surface area contributed by atoms with Gasteiger partial charge in [-0.3, -0.25) is 4.79 Å². The van der Waals surface area contributed by atoms with E-state index in [0.717, 1.165) is 23.1 Å². The number of carboxylic acids is 1. The molecule has 0 bridgehead atoms. The monoisotopic (exact) mass is 261 g/mol. The van der Waals surface area contributed by atoms with Gasteiger partial charge in [0, 0.05) is 13.5 Å². The van der Waals surface area contributed by atoms with Gasteiger partial charge in [-0.15, -0.1) is 0 Å². The molecule has 4 heteroatoms. The lowest BCUT2D eigenvalue weighted by atomic mass is 9.99. The van der Waals surface area contributed by atoms with Crippen molar-refractivity contribution in [2.45, 2.75) is 27.2 Å². The average molecular weight is 261 g/mol. The van der Waals surface area contributed by atoms with Crippen LogP contribution < -0.4 is 5.32 Å². The maximum Gasteiger partial charge on any atom is 0.336 e. The molecule has 4 nitrogen and oxygen atoms in total. The van der Waals surface area contributed by atoms with Gasteiger partial charge in [-0.25, -0.2) is 4.79 Å². The molecule has 0 fully saturated rings. The van der Waals surface area contributed by atoms with Crippen molar-refractivity contribution in [2.24, 2.45) is 0 Å². The Kier molecular flexibility index (Phi) is 5.30. The summed E-state index contributed by atoms with van der Waals surface area (Å²) in [5.74, 6) is -0.929. The first-order valence-electron chi connectivity index (χ1n) is 6.17. The molecule has 0 aromatic heterocycles. The summed E-state index contributed by atoms with van der Waals surface area (Å²) in [7, 11) is 0. The first kappa shape index (κ1) is 15.0. The number of carbonyl (C=O) groups excluding carboxylic acids is 1. The summed E-state index contributed by atoms with van der Waals surface area (Å²) in [6, 6.07) is 3.71. The van der Waals surface area contributed by atoms with Gasteiger partial charge in [-0.2, -0.15) is 0 Å². The third-order valence-electron chi connectivity index (χ3n) is 2.76. The van der Waals surface area contributed by atoms with Crippen LogP contribution in [0.1, 0.15) is 40.4 Å². The molecule has 0 aliphatic rings. The van der Waals surface area contributed by atoms with Gasteiger partial charge in [0.15, 0.2) is 0 Å². The van der Waals surface area contributed by atoms with E-state index in [1.54, 1.807) is 13.8 Å². The fourth-order valence-corrected chi connectivity index (χ4v) is 1.98. The summed E-state index contributed by atoms with van der Waals surface area (Å²) in [6.45, 7) is 5.69. The molecule has 0 spiro atoms. The number of amides is 1. The fraction of sp³-hybridized carbons (Fsp3) is 0.333. The summed E-state index contributed by atoms with van der Waals surface area (Å²) in [5.41, 5.74) is 2.86. The summed E-state index contributed by atoms with van der Waals surface area (Å²) in [5, 5.41) is 11.8. The van der Waals surface area contributed by atoms with Crippen LogP contribution in [0, 0.1) is 13.8 Å². The van der Waals surface area contributed by atoms with Crippen molar-refractivity contribution in [3.8, 4) is 0 Å². The van der Waals surface area contributed by atoms with E-state index in [1.165, 1.54) is 6.92 Å². The number of hydrogen-bond acceptors (Lipinski definition) is 2. The molecule has 0 aliphatic heterocycles. The van der Waals surface area contributed by atoms with Crippen LogP contribution in [0.3, 0.4) is 0 Å². The second kappa shape index (κ2) is 6.73. The Balaban J connectivity index is 2.73. The lowest BCUT2D eigenvalue weighted by molar-refractivity contribution is -0.118. The van der Waals surface area contributed by atoms with Crippen molar-refractivity contribution in [1.29, 1.82) is 0 Å². The van der Waals surface area contributed by atoms with E-state index in [2.05, 4.69) is 5.32 Å². The third kappa shape index (κ3) is 4.58. The molecule has 2 N–H and O–H groups in total. The first-order chi connectivity index (χ1) is 8.91. The molecule has 1 aromatic rings. The van der Waals surface area contributed by atoms with E-state index in [4.69, 9.17) is 5.11 Å². The van der Waals surface area contributed by atoms with Crippen LogP contribution >= 0.6 is 0 Å².